The molecule has 0 unspecified atom stereocenters. The van der Waals surface area contributed by atoms with Gasteiger partial charge >= 0.3 is 0 Å². The number of carbonyl (C=O) groups is 1. The fourth-order valence-electron chi connectivity index (χ4n) is 1.49. The maximum atomic E-state index is 11.0. The first-order valence-electron chi connectivity index (χ1n) is 4.12. The molecule has 1 saturated heterocycles. The average Bonchev–Trinajstić information content (AvgIpc) is 1.94. The van der Waals surface area contributed by atoms with Gasteiger partial charge in [0.15, 0.2) is 0 Å². The summed E-state index contributed by atoms with van der Waals surface area (Å²) in [6.07, 6.45) is 2.90. The van der Waals surface area contributed by atoms with E-state index in [9.17, 15) is 4.79 Å². The van der Waals surface area contributed by atoms with Gasteiger partial charge in [0, 0.05) is 20.9 Å². The van der Waals surface area contributed by atoms with Crippen LogP contribution in [0.3, 0.4) is 0 Å². The van der Waals surface area contributed by atoms with E-state index >= 15 is 0 Å². The smallest absolute Gasteiger partial charge is 0.132 e. The summed E-state index contributed by atoms with van der Waals surface area (Å²) in [7, 11) is -0.903. The summed E-state index contributed by atoms with van der Waals surface area (Å²) in [6.45, 7) is 4.79. The maximum Gasteiger partial charge on any atom is 0.132 e. The van der Waals surface area contributed by atoms with Crippen LogP contribution in [-0.2, 0) is 4.79 Å². The summed E-state index contributed by atoms with van der Waals surface area (Å²) in [6, 6.07) is 2.59. The molecule has 0 aromatic heterocycles. The minimum Gasteiger partial charge on any atom is -0.300 e. The molecule has 1 rings (SSSR count). The fourth-order valence-corrected chi connectivity index (χ4v) is 3.83. The van der Waals surface area contributed by atoms with Crippen LogP contribution in [0.4, 0.5) is 0 Å². The topological polar surface area (TPSA) is 17.1 Å². The predicted molar refractivity (Wildman–Crippen MR) is 46.0 cm³/mol. The number of rotatable bonds is 0. The van der Waals surface area contributed by atoms with Gasteiger partial charge in [0.25, 0.3) is 0 Å². The number of carbonyl (C=O) groups excluding carboxylic acids is 1. The van der Waals surface area contributed by atoms with Crippen molar-refractivity contribution in [1.29, 1.82) is 0 Å². The van der Waals surface area contributed by atoms with Crippen LogP contribution >= 0.6 is 0 Å². The Morgan fingerprint density at radius 2 is 1.90 bits per heavy atom. The van der Waals surface area contributed by atoms with Gasteiger partial charge in [0.2, 0.25) is 0 Å². The Morgan fingerprint density at radius 1 is 1.20 bits per heavy atom. The molecule has 0 aromatic rings. The van der Waals surface area contributed by atoms with Gasteiger partial charge in [0.1, 0.15) is 5.78 Å². The van der Waals surface area contributed by atoms with E-state index < -0.39 is 8.07 Å². The first-order chi connectivity index (χ1) is 4.60. The SMILES string of the molecule is C[Si]1(C)CCCC(=O)CC1. The van der Waals surface area contributed by atoms with Gasteiger partial charge in [-0.25, -0.2) is 0 Å². The second kappa shape index (κ2) is 2.87. The van der Waals surface area contributed by atoms with Crippen LogP contribution in [0.1, 0.15) is 19.3 Å². The standard InChI is InChI=1S/C8H16OSi/c1-10(2)6-3-4-8(9)5-7-10/h3-7H2,1-2H3. The zero-order valence-corrected chi connectivity index (χ0v) is 7.94. The summed E-state index contributed by atoms with van der Waals surface area (Å²) in [5, 5.41) is 0. The third-order valence-electron chi connectivity index (χ3n) is 2.39. The van der Waals surface area contributed by atoms with E-state index in [0.29, 0.717) is 5.78 Å². The van der Waals surface area contributed by atoms with Crippen molar-refractivity contribution in [2.45, 2.75) is 44.4 Å². The molecule has 0 spiro atoms. The van der Waals surface area contributed by atoms with Crippen molar-refractivity contribution in [3.63, 3.8) is 0 Å². The summed E-state index contributed by atoms with van der Waals surface area (Å²) >= 11 is 0. The second-order valence-corrected chi connectivity index (χ2v) is 9.38. The van der Waals surface area contributed by atoms with E-state index in [4.69, 9.17) is 0 Å². The van der Waals surface area contributed by atoms with Gasteiger partial charge in [-0.1, -0.05) is 25.2 Å². The summed E-state index contributed by atoms with van der Waals surface area (Å²) in [5.74, 6) is 0.498. The highest BCUT2D eigenvalue weighted by molar-refractivity contribution is 6.77. The third kappa shape index (κ3) is 2.25. The normalized spacial score (nSPS) is 26.0. The van der Waals surface area contributed by atoms with E-state index in [0.717, 1.165) is 19.3 Å². The van der Waals surface area contributed by atoms with Crippen molar-refractivity contribution in [3.05, 3.63) is 0 Å². The van der Waals surface area contributed by atoms with Crippen molar-refractivity contribution < 1.29 is 4.79 Å². The van der Waals surface area contributed by atoms with Crippen LogP contribution in [0.2, 0.25) is 25.2 Å². The Labute approximate surface area is 63.8 Å². The predicted octanol–water partition coefficient (Wildman–Crippen LogP) is 2.45. The molecule has 0 atom stereocenters. The number of hydrogen-bond donors (Lipinski definition) is 0. The molecular weight excluding hydrogens is 140 g/mol. The highest BCUT2D eigenvalue weighted by Gasteiger charge is 2.24. The molecule has 1 nitrogen and oxygen atoms in total. The molecule has 58 valence electrons. The van der Waals surface area contributed by atoms with Crippen LogP contribution in [-0.4, -0.2) is 13.9 Å². The lowest BCUT2D eigenvalue weighted by Gasteiger charge is -2.17. The molecule has 0 amide bonds. The molecule has 1 heterocycles. The van der Waals surface area contributed by atoms with Gasteiger partial charge in [0.05, 0.1) is 0 Å². The Morgan fingerprint density at radius 3 is 2.60 bits per heavy atom. The molecule has 0 aromatic carbocycles. The number of ketones is 1. The molecule has 0 aliphatic carbocycles. The van der Waals surface area contributed by atoms with Crippen molar-refractivity contribution in [2.24, 2.45) is 0 Å². The second-order valence-electron chi connectivity index (χ2n) is 4.06. The first kappa shape index (κ1) is 7.99. The van der Waals surface area contributed by atoms with Crippen molar-refractivity contribution >= 4 is 13.9 Å². The average molecular weight is 156 g/mol. The van der Waals surface area contributed by atoms with Crippen LogP contribution in [0, 0.1) is 0 Å². The highest BCUT2D eigenvalue weighted by Crippen LogP contribution is 2.24. The zero-order chi connectivity index (χ0) is 7.61. The lowest BCUT2D eigenvalue weighted by atomic mass is 10.2. The Bertz CT molecular complexity index is 140. The molecule has 10 heavy (non-hydrogen) atoms. The largest absolute Gasteiger partial charge is 0.300 e. The van der Waals surface area contributed by atoms with Gasteiger partial charge in [-0.15, -0.1) is 0 Å². The lowest BCUT2D eigenvalue weighted by molar-refractivity contribution is -0.118. The number of Topliss-reactive ketones (excluding diaryl/α,β-unsaturated/α-hetero) is 1. The van der Waals surface area contributed by atoms with E-state index in [-0.39, 0.29) is 0 Å². The molecular formula is C8H16OSi. The maximum absolute atomic E-state index is 11.0. The lowest BCUT2D eigenvalue weighted by Crippen LogP contribution is -2.23. The van der Waals surface area contributed by atoms with Gasteiger partial charge in [-0.2, -0.15) is 0 Å². The van der Waals surface area contributed by atoms with E-state index in [1.54, 1.807) is 0 Å². The van der Waals surface area contributed by atoms with Crippen LogP contribution in [0.5, 0.6) is 0 Å². The Hall–Kier alpha value is -0.113. The molecule has 0 saturated carbocycles. The van der Waals surface area contributed by atoms with Crippen LogP contribution in [0.15, 0.2) is 0 Å². The van der Waals surface area contributed by atoms with Crippen molar-refractivity contribution in [1.82, 2.24) is 0 Å². The van der Waals surface area contributed by atoms with Crippen LogP contribution < -0.4 is 0 Å². The summed E-state index contributed by atoms with van der Waals surface area (Å²) < 4.78 is 0. The number of hydrogen-bond acceptors (Lipinski definition) is 1. The van der Waals surface area contributed by atoms with Gasteiger partial charge < -0.3 is 0 Å². The van der Waals surface area contributed by atoms with Crippen LogP contribution in [0.25, 0.3) is 0 Å². The van der Waals surface area contributed by atoms with E-state index in [1.165, 1.54) is 12.1 Å². The monoisotopic (exact) mass is 156 g/mol. The highest BCUT2D eigenvalue weighted by atomic mass is 28.3. The summed E-state index contributed by atoms with van der Waals surface area (Å²) in [5.41, 5.74) is 0. The molecule has 0 bridgehead atoms. The first-order valence-corrected chi connectivity index (χ1v) is 7.53. The minimum atomic E-state index is -0.903. The van der Waals surface area contributed by atoms with Gasteiger partial charge in [-0.05, 0) is 6.42 Å². The minimum absolute atomic E-state index is 0.498. The van der Waals surface area contributed by atoms with Crippen molar-refractivity contribution in [3.8, 4) is 0 Å². The quantitative estimate of drug-likeness (QED) is 0.492. The van der Waals surface area contributed by atoms with Gasteiger partial charge in [-0.3, -0.25) is 4.79 Å². The summed E-state index contributed by atoms with van der Waals surface area (Å²) in [4.78, 5) is 11.0. The third-order valence-corrected chi connectivity index (χ3v) is 5.70. The Kier molecular flexibility index (Phi) is 2.29. The van der Waals surface area contributed by atoms with E-state index in [1.807, 2.05) is 0 Å². The van der Waals surface area contributed by atoms with E-state index in [2.05, 4.69) is 13.1 Å². The molecule has 0 N–H and O–H groups in total. The Balaban J connectivity index is 2.48. The molecule has 1 aliphatic heterocycles. The molecule has 0 radical (unpaired) electrons. The fraction of sp³-hybridized carbons (Fsp3) is 0.875. The molecule has 1 aliphatic rings. The molecule has 2 heteroatoms. The molecule has 1 fully saturated rings. The van der Waals surface area contributed by atoms with Crippen molar-refractivity contribution in [2.75, 3.05) is 0 Å². The zero-order valence-electron chi connectivity index (χ0n) is 6.94.